The van der Waals surface area contributed by atoms with Crippen LogP contribution in [0.25, 0.3) is 0 Å². The first kappa shape index (κ1) is 88.1. The zero-order valence-electron chi connectivity index (χ0n) is 58.3. The van der Waals surface area contributed by atoms with E-state index in [1.165, 1.54) is 193 Å². The summed E-state index contributed by atoms with van der Waals surface area (Å²) >= 11 is 0. The second-order valence-electron chi connectivity index (χ2n) is 25.9. The van der Waals surface area contributed by atoms with Crippen molar-refractivity contribution in [3.63, 3.8) is 0 Å². The SMILES string of the molecule is CCCCCCCCCCCCCCCCCCC(=O)O[C@H](COC(=O)CCCCCCCCCCCCC(C)CC)COP(=O)(O)OC[C@@H](O)COP(=O)(O)OC[C@@H](COC(=O)CCCCCCCCCCC)OC(=O)CCCCCCCCCCCCC. The predicted molar refractivity (Wildman–Crippen MR) is 363 cm³/mol. The van der Waals surface area contributed by atoms with Gasteiger partial charge in [-0.3, -0.25) is 37.3 Å². The smallest absolute Gasteiger partial charge is 0.462 e. The monoisotopic (exact) mass is 1320 g/mol. The lowest BCUT2D eigenvalue weighted by Gasteiger charge is -2.21. The summed E-state index contributed by atoms with van der Waals surface area (Å²) in [5.41, 5.74) is 0. The van der Waals surface area contributed by atoms with E-state index < -0.39 is 97.5 Å². The van der Waals surface area contributed by atoms with Crippen LogP contribution in [-0.4, -0.2) is 96.7 Å². The van der Waals surface area contributed by atoms with E-state index >= 15 is 0 Å². The lowest BCUT2D eigenvalue weighted by atomic mass is 9.99. The topological polar surface area (TPSA) is 237 Å². The molecule has 0 saturated carbocycles. The maximum absolute atomic E-state index is 13.0. The van der Waals surface area contributed by atoms with E-state index in [0.29, 0.717) is 25.7 Å². The zero-order chi connectivity index (χ0) is 66.3. The molecule has 0 rings (SSSR count). The average Bonchev–Trinajstić information content (AvgIpc) is 3.53. The van der Waals surface area contributed by atoms with Gasteiger partial charge in [-0.15, -0.1) is 0 Å². The first-order chi connectivity index (χ1) is 43.6. The third-order valence-corrected chi connectivity index (χ3v) is 18.8. The fourth-order valence-corrected chi connectivity index (χ4v) is 12.4. The van der Waals surface area contributed by atoms with Gasteiger partial charge in [-0.05, 0) is 31.6 Å². The maximum Gasteiger partial charge on any atom is 0.472 e. The number of esters is 4. The highest BCUT2D eigenvalue weighted by Gasteiger charge is 2.30. The Labute approximate surface area is 549 Å². The van der Waals surface area contributed by atoms with E-state index in [1.54, 1.807) is 0 Å². The van der Waals surface area contributed by atoms with Crippen LogP contribution in [0.4, 0.5) is 0 Å². The van der Waals surface area contributed by atoms with Crippen molar-refractivity contribution in [3.05, 3.63) is 0 Å². The summed E-state index contributed by atoms with van der Waals surface area (Å²) in [7, 11) is -9.90. The van der Waals surface area contributed by atoms with Gasteiger partial charge in [0, 0.05) is 25.7 Å². The van der Waals surface area contributed by atoms with E-state index in [4.69, 9.17) is 37.0 Å². The van der Waals surface area contributed by atoms with E-state index in [9.17, 15) is 43.2 Å². The van der Waals surface area contributed by atoms with Gasteiger partial charge in [0.1, 0.15) is 19.3 Å². The normalized spacial score (nSPS) is 14.4. The second-order valence-corrected chi connectivity index (χ2v) is 28.8. The van der Waals surface area contributed by atoms with Gasteiger partial charge < -0.3 is 33.8 Å². The number of unbranched alkanes of at least 4 members (excludes halogenated alkanes) is 42. The molecule has 0 radical (unpaired) electrons. The Morgan fingerprint density at radius 2 is 0.533 bits per heavy atom. The minimum atomic E-state index is -4.95. The van der Waals surface area contributed by atoms with Crippen molar-refractivity contribution in [2.45, 2.75) is 387 Å². The molecule has 6 atom stereocenters. The van der Waals surface area contributed by atoms with Crippen molar-refractivity contribution < 1.29 is 80.2 Å². The predicted octanol–water partition coefficient (Wildman–Crippen LogP) is 20.5. The molecule has 0 aromatic heterocycles. The van der Waals surface area contributed by atoms with Crippen LogP contribution in [0.3, 0.4) is 0 Å². The summed E-state index contributed by atoms with van der Waals surface area (Å²) in [5, 5.41) is 10.6. The Hall–Kier alpha value is -1.94. The van der Waals surface area contributed by atoms with Crippen LogP contribution in [0.2, 0.25) is 0 Å². The van der Waals surface area contributed by atoms with Gasteiger partial charge in [0.25, 0.3) is 0 Å². The van der Waals surface area contributed by atoms with Crippen LogP contribution in [0.1, 0.15) is 369 Å². The number of phosphoric ester groups is 2. The third-order valence-electron chi connectivity index (χ3n) is 16.9. The zero-order valence-corrected chi connectivity index (χ0v) is 60.1. The molecule has 0 fully saturated rings. The third kappa shape index (κ3) is 63.5. The number of carbonyl (C=O) groups is 4. The Morgan fingerprint density at radius 1 is 0.311 bits per heavy atom. The number of aliphatic hydroxyl groups excluding tert-OH is 1. The minimum Gasteiger partial charge on any atom is -0.462 e. The van der Waals surface area contributed by atoms with Crippen molar-refractivity contribution in [3.8, 4) is 0 Å². The van der Waals surface area contributed by atoms with Crippen LogP contribution in [-0.2, 0) is 65.4 Å². The van der Waals surface area contributed by atoms with Gasteiger partial charge in [0.2, 0.25) is 0 Å². The van der Waals surface area contributed by atoms with Crippen LogP contribution in [0.15, 0.2) is 0 Å². The first-order valence-corrected chi connectivity index (χ1v) is 40.2. The maximum atomic E-state index is 13.0. The van der Waals surface area contributed by atoms with Gasteiger partial charge in [-0.1, -0.05) is 317 Å². The molecule has 0 bridgehead atoms. The van der Waals surface area contributed by atoms with Crippen molar-refractivity contribution in [1.82, 2.24) is 0 Å². The van der Waals surface area contributed by atoms with Crippen LogP contribution >= 0.6 is 15.6 Å². The molecule has 0 saturated heterocycles. The van der Waals surface area contributed by atoms with Crippen LogP contribution in [0.5, 0.6) is 0 Å². The van der Waals surface area contributed by atoms with Gasteiger partial charge in [0.15, 0.2) is 12.2 Å². The largest absolute Gasteiger partial charge is 0.472 e. The number of rotatable bonds is 71. The molecule has 0 aliphatic heterocycles. The molecule has 3 N–H and O–H groups in total. The first-order valence-electron chi connectivity index (χ1n) is 37.2. The standard InChI is InChI=1S/C71H138O17P2/c1-6-10-13-16-19-22-24-25-26-27-28-30-37-42-47-52-57-71(76)88-67(61-82-69(74)55-50-45-40-35-32-31-34-38-43-48-53-64(5)9-4)63-86-90(79,80)84-59-65(72)58-83-89(77,78)85-62-66(60-81-68(73)54-49-44-39-33-21-18-15-12-8-3)87-70(75)56-51-46-41-36-29-23-20-17-14-11-7-2/h64-67,72H,6-63H2,1-5H3,(H,77,78)(H,79,80)/t64?,65-,66+,67+/m0/s1. The van der Waals surface area contributed by atoms with Gasteiger partial charge in [0.05, 0.1) is 26.4 Å². The van der Waals surface area contributed by atoms with E-state index in [-0.39, 0.29) is 25.7 Å². The molecular formula is C71H138O17P2. The number of hydrogen-bond donors (Lipinski definition) is 3. The Kier molecular flexibility index (Phi) is 63.0. The number of hydrogen-bond acceptors (Lipinski definition) is 15. The quantitative estimate of drug-likeness (QED) is 0.0222. The fourth-order valence-electron chi connectivity index (χ4n) is 10.8. The lowest BCUT2D eigenvalue weighted by molar-refractivity contribution is -0.161. The number of aliphatic hydroxyl groups is 1. The van der Waals surface area contributed by atoms with Crippen molar-refractivity contribution in [2.75, 3.05) is 39.6 Å². The molecule has 0 heterocycles. The molecule has 17 nitrogen and oxygen atoms in total. The number of carbonyl (C=O) groups excluding carboxylic acids is 4. The molecule has 0 aliphatic carbocycles. The summed E-state index contributed by atoms with van der Waals surface area (Å²) < 4.78 is 68.3. The number of ether oxygens (including phenoxy) is 4. The summed E-state index contributed by atoms with van der Waals surface area (Å²) in [6.07, 6.45) is 51.1. The number of phosphoric acid groups is 2. The molecule has 0 aromatic rings. The van der Waals surface area contributed by atoms with E-state index in [2.05, 4.69) is 34.6 Å². The minimum absolute atomic E-state index is 0.107. The van der Waals surface area contributed by atoms with Crippen molar-refractivity contribution >= 4 is 39.5 Å². The average molecular weight is 1330 g/mol. The van der Waals surface area contributed by atoms with E-state index in [1.807, 2.05) is 0 Å². The molecule has 0 amide bonds. The molecule has 90 heavy (non-hydrogen) atoms. The van der Waals surface area contributed by atoms with Crippen molar-refractivity contribution in [1.29, 1.82) is 0 Å². The Bertz CT molecular complexity index is 1740. The highest BCUT2D eigenvalue weighted by molar-refractivity contribution is 7.47. The molecule has 0 spiro atoms. The van der Waals surface area contributed by atoms with Crippen molar-refractivity contribution in [2.24, 2.45) is 5.92 Å². The Balaban J connectivity index is 5.23. The van der Waals surface area contributed by atoms with Crippen LogP contribution in [0, 0.1) is 5.92 Å². The molecule has 3 unspecified atom stereocenters. The van der Waals surface area contributed by atoms with Crippen LogP contribution < -0.4 is 0 Å². The van der Waals surface area contributed by atoms with Gasteiger partial charge >= 0.3 is 39.5 Å². The summed E-state index contributed by atoms with van der Waals surface area (Å²) in [5.74, 6) is -1.31. The second kappa shape index (κ2) is 64.4. The fraction of sp³-hybridized carbons (Fsp3) is 0.944. The molecule has 0 aliphatic rings. The summed E-state index contributed by atoms with van der Waals surface area (Å²) in [4.78, 5) is 72.5. The van der Waals surface area contributed by atoms with Gasteiger partial charge in [-0.25, -0.2) is 9.13 Å². The Morgan fingerprint density at radius 3 is 0.789 bits per heavy atom. The highest BCUT2D eigenvalue weighted by atomic mass is 31.2. The summed E-state index contributed by atoms with van der Waals surface area (Å²) in [6, 6.07) is 0. The molecule has 19 heteroatoms. The molecule has 534 valence electrons. The summed E-state index contributed by atoms with van der Waals surface area (Å²) in [6.45, 7) is 7.27. The highest BCUT2D eigenvalue weighted by Crippen LogP contribution is 2.45. The lowest BCUT2D eigenvalue weighted by Crippen LogP contribution is -2.30. The van der Waals surface area contributed by atoms with E-state index in [0.717, 1.165) is 95.8 Å². The molecule has 0 aromatic carbocycles. The molecular weight excluding hydrogens is 1190 g/mol. The van der Waals surface area contributed by atoms with Gasteiger partial charge in [-0.2, -0.15) is 0 Å².